The van der Waals surface area contributed by atoms with Gasteiger partial charge in [-0.05, 0) is 0 Å². The van der Waals surface area contributed by atoms with E-state index in [1.165, 1.54) is 18.4 Å². The number of nitrogens with zero attached hydrogens (tertiary/aromatic N) is 2. The standard InChI is InChI=1S/C9H9N3O3S/c1-14-8(13)7-5-16-9(12-7)10-4-6-2-3-11-15-6/h2-3,5H,4H2,1H3,(H,10,12). The van der Waals surface area contributed by atoms with Gasteiger partial charge in [0, 0.05) is 11.4 Å². The van der Waals surface area contributed by atoms with E-state index in [0.717, 1.165) is 0 Å². The molecular weight excluding hydrogens is 230 g/mol. The van der Waals surface area contributed by atoms with E-state index in [1.807, 2.05) is 0 Å². The zero-order valence-corrected chi connectivity index (χ0v) is 9.28. The molecule has 0 aromatic carbocycles. The fraction of sp³-hybridized carbons (Fsp3) is 0.222. The molecule has 0 saturated carbocycles. The highest BCUT2D eigenvalue weighted by Crippen LogP contribution is 2.16. The summed E-state index contributed by atoms with van der Waals surface area (Å²) >= 11 is 1.33. The van der Waals surface area contributed by atoms with Gasteiger partial charge in [-0.3, -0.25) is 0 Å². The van der Waals surface area contributed by atoms with E-state index in [-0.39, 0.29) is 0 Å². The topological polar surface area (TPSA) is 77.2 Å². The summed E-state index contributed by atoms with van der Waals surface area (Å²) < 4.78 is 9.45. The number of carbonyl (C=O) groups is 1. The molecule has 2 heterocycles. The molecule has 2 aromatic heterocycles. The fourth-order valence-corrected chi connectivity index (χ4v) is 1.73. The number of hydrogen-bond acceptors (Lipinski definition) is 7. The summed E-state index contributed by atoms with van der Waals surface area (Å²) in [5.74, 6) is 0.263. The average Bonchev–Trinajstić information content (AvgIpc) is 2.96. The number of methoxy groups -OCH3 is 1. The molecule has 0 unspecified atom stereocenters. The largest absolute Gasteiger partial charge is 0.464 e. The number of nitrogens with one attached hydrogen (secondary N) is 1. The van der Waals surface area contributed by atoms with Crippen LogP contribution in [0.25, 0.3) is 0 Å². The third-order valence-corrected chi connectivity index (χ3v) is 2.60. The summed E-state index contributed by atoms with van der Waals surface area (Å²) in [7, 11) is 1.32. The Balaban J connectivity index is 1.95. The minimum atomic E-state index is -0.441. The van der Waals surface area contributed by atoms with Crippen LogP contribution in [0.2, 0.25) is 0 Å². The van der Waals surface area contributed by atoms with Crippen LogP contribution in [-0.2, 0) is 11.3 Å². The molecule has 0 radical (unpaired) electrons. The number of carbonyl (C=O) groups excluding carboxylic acids is 1. The molecule has 1 N–H and O–H groups in total. The molecule has 16 heavy (non-hydrogen) atoms. The van der Waals surface area contributed by atoms with Crippen molar-refractivity contribution in [2.75, 3.05) is 12.4 Å². The second-order valence-corrected chi connectivity index (χ2v) is 3.72. The second kappa shape index (κ2) is 4.75. The summed E-state index contributed by atoms with van der Waals surface area (Å²) in [4.78, 5) is 15.2. The molecule has 2 aromatic rings. The molecular formula is C9H9N3O3S. The van der Waals surface area contributed by atoms with Crippen LogP contribution in [0, 0.1) is 0 Å². The van der Waals surface area contributed by atoms with Crippen LogP contribution >= 0.6 is 11.3 Å². The zero-order chi connectivity index (χ0) is 11.4. The molecule has 2 rings (SSSR count). The Bertz CT molecular complexity index is 466. The van der Waals surface area contributed by atoms with Crippen molar-refractivity contribution in [1.82, 2.24) is 10.1 Å². The van der Waals surface area contributed by atoms with Crippen LogP contribution in [-0.4, -0.2) is 23.2 Å². The van der Waals surface area contributed by atoms with Gasteiger partial charge in [-0.2, -0.15) is 0 Å². The lowest BCUT2D eigenvalue weighted by molar-refractivity contribution is 0.0595. The number of rotatable bonds is 4. The van der Waals surface area contributed by atoms with E-state index in [1.54, 1.807) is 17.6 Å². The van der Waals surface area contributed by atoms with Crippen molar-refractivity contribution in [2.24, 2.45) is 0 Å². The summed E-state index contributed by atoms with van der Waals surface area (Å²) in [6.07, 6.45) is 1.57. The molecule has 0 atom stereocenters. The van der Waals surface area contributed by atoms with E-state index >= 15 is 0 Å². The quantitative estimate of drug-likeness (QED) is 0.815. The van der Waals surface area contributed by atoms with Crippen molar-refractivity contribution >= 4 is 22.4 Å². The maximum absolute atomic E-state index is 11.1. The van der Waals surface area contributed by atoms with Crippen LogP contribution < -0.4 is 5.32 Å². The predicted molar refractivity (Wildman–Crippen MR) is 57.3 cm³/mol. The third-order valence-electron chi connectivity index (χ3n) is 1.80. The fourth-order valence-electron chi connectivity index (χ4n) is 1.05. The lowest BCUT2D eigenvalue weighted by Gasteiger charge is -1.97. The van der Waals surface area contributed by atoms with Crippen molar-refractivity contribution in [2.45, 2.75) is 6.54 Å². The molecule has 7 heteroatoms. The first-order valence-corrected chi connectivity index (χ1v) is 5.35. The maximum atomic E-state index is 11.1. The van der Waals surface area contributed by atoms with Crippen LogP contribution in [0.1, 0.15) is 16.2 Å². The Kier molecular flexibility index (Phi) is 3.16. The summed E-state index contributed by atoms with van der Waals surface area (Å²) in [5, 5.41) is 8.86. The van der Waals surface area contributed by atoms with E-state index < -0.39 is 5.97 Å². The number of esters is 1. The number of hydrogen-bond donors (Lipinski definition) is 1. The van der Waals surface area contributed by atoms with Crippen LogP contribution in [0.5, 0.6) is 0 Å². The first-order valence-electron chi connectivity index (χ1n) is 4.47. The Morgan fingerprint density at radius 3 is 3.25 bits per heavy atom. The smallest absolute Gasteiger partial charge is 0.357 e. The molecule has 84 valence electrons. The lowest BCUT2D eigenvalue weighted by Crippen LogP contribution is -2.02. The minimum absolute atomic E-state index is 0.299. The van der Waals surface area contributed by atoms with Crippen LogP contribution in [0.15, 0.2) is 22.2 Å². The van der Waals surface area contributed by atoms with Crippen molar-refractivity contribution < 1.29 is 14.1 Å². The highest BCUT2D eigenvalue weighted by Gasteiger charge is 2.10. The van der Waals surface area contributed by atoms with Gasteiger partial charge in [0.05, 0.1) is 19.9 Å². The van der Waals surface area contributed by atoms with Gasteiger partial charge in [-0.1, -0.05) is 5.16 Å². The summed E-state index contributed by atoms with van der Waals surface area (Å²) in [6.45, 7) is 0.480. The molecule has 0 aliphatic carbocycles. The highest BCUT2D eigenvalue weighted by atomic mass is 32.1. The Hall–Kier alpha value is -1.89. The van der Waals surface area contributed by atoms with E-state index in [2.05, 4.69) is 20.2 Å². The molecule has 0 aliphatic rings. The molecule has 0 fully saturated rings. The monoisotopic (exact) mass is 239 g/mol. The van der Waals surface area contributed by atoms with E-state index in [9.17, 15) is 4.79 Å². The van der Waals surface area contributed by atoms with Gasteiger partial charge in [0.25, 0.3) is 0 Å². The third kappa shape index (κ3) is 2.37. The van der Waals surface area contributed by atoms with Crippen molar-refractivity contribution in [3.63, 3.8) is 0 Å². The first kappa shape index (κ1) is 10.6. The van der Waals surface area contributed by atoms with Crippen LogP contribution in [0.4, 0.5) is 5.13 Å². The Morgan fingerprint density at radius 1 is 1.69 bits per heavy atom. The number of aromatic nitrogens is 2. The summed E-state index contributed by atoms with van der Waals surface area (Å²) in [6, 6.07) is 1.75. The van der Waals surface area contributed by atoms with Crippen molar-refractivity contribution in [3.05, 3.63) is 29.1 Å². The zero-order valence-electron chi connectivity index (χ0n) is 8.47. The van der Waals surface area contributed by atoms with Gasteiger partial charge >= 0.3 is 5.97 Å². The molecule has 0 bridgehead atoms. The summed E-state index contributed by atoms with van der Waals surface area (Å²) in [5.41, 5.74) is 0.299. The van der Waals surface area contributed by atoms with Gasteiger partial charge < -0.3 is 14.6 Å². The second-order valence-electron chi connectivity index (χ2n) is 2.86. The van der Waals surface area contributed by atoms with Gasteiger partial charge in [0.15, 0.2) is 16.6 Å². The molecule has 6 nitrogen and oxygen atoms in total. The normalized spacial score (nSPS) is 10.1. The van der Waals surface area contributed by atoms with Gasteiger partial charge in [0.2, 0.25) is 0 Å². The van der Waals surface area contributed by atoms with Crippen molar-refractivity contribution in [1.29, 1.82) is 0 Å². The van der Waals surface area contributed by atoms with Crippen LogP contribution in [0.3, 0.4) is 0 Å². The predicted octanol–water partition coefficient (Wildman–Crippen LogP) is 1.53. The first-order chi connectivity index (χ1) is 7.79. The lowest BCUT2D eigenvalue weighted by atomic mass is 10.5. The van der Waals surface area contributed by atoms with E-state index in [0.29, 0.717) is 23.1 Å². The Morgan fingerprint density at radius 2 is 2.56 bits per heavy atom. The average molecular weight is 239 g/mol. The number of thiazole rings is 1. The Labute approximate surface area is 95.2 Å². The minimum Gasteiger partial charge on any atom is -0.464 e. The highest BCUT2D eigenvalue weighted by molar-refractivity contribution is 7.13. The van der Waals surface area contributed by atoms with Crippen molar-refractivity contribution in [3.8, 4) is 0 Å². The molecule has 0 saturated heterocycles. The maximum Gasteiger partial charge on any atom is 0.357 e. The molecule has 0 spiro atoms. The molecule has 0 aliphatic heterocycles. The SMILES string of the molecule is COC(=O)c1csc(NCc2ccno2)n1. The van der Waals surface area contributed by atoms with Gasteiger partial charge in [0.1, 0.15) is 0 Å². The van der Waals surface area contributed by atoms with Gasteiger partial charge in [-0.25, -0.2) is 9.78 Å². The molecule has 0 amide bonds. The number of anilines is 1. The van der Waals surface area contributed by atoms with E-state index in [4.69, 9.17) is 4.52 Å². The van der Waals surface area contributed by atoms with Gasteiger partial charge in [-0.15, -0.1) is 11.3 Å². The number of ether oxygens (including phenoxy) is 1.